The van der Waals surface area contributed by atoms with Crippen LogP contribution in [0, 0.1) is 0 Å². The fourth-order valence-corrected chi connectivity index (χ4v) is 2.60. The van der Waals surface area contributed by atoms with E-state index in [1.807, 2.05) is 18.2 Å². The number of hydrogen-bond donors (Lipinski definition) is 1. The lowest BCUT2D eigenvalue weighted by Crippen LogP contribution is -2.11. The van der Waals surface area contributed by atoms with Crippen LogP contribution in [0.2, 0.25) is 0 Å². The Bertz CT molecular complexity index is 755. The maximum Gasteiger partial charge on any atom is 0.259 e. The third kappa shape index (κ3) is 2.46. The Kier molecular flexibility index (Phi) is 3.30. The van der Waals surface area contributed by atoms with Crippen LogP contribution in [-0.2, 0) is 0 Å². The molecular weight excluding hydrogens is 274 g/mol. The van der Waals surface area contributed by atoms with Crippen molar-refractivity contribution in [1.29, 1.82) is 0 Å². The fraction of sp³-hybridized carbons (Fsp3) is 0.0714. The molecule has 0 unspecified atom stereocenters. The van der Waals surface area contributed by atoms with Gasteiger partial charge in [0.15, 0.2) is 5.13 Å². The largest absolute Gasteiger partial charge is 0.497 e. The number of hydrogen-bond acceptors (Lipinski definition) is 5. The summed E-state index contributed by atoms with van der Waals surface area (Å²) in [5.41, 5.74) is 1.31. The molecule has 3 rings (SSSR count). The molecule has 0 atom stereocenters. The number of carbonyl (C=O) groups is 1. The zero-order valence-corrected chi connectivity index (χ0v) is 11.5. The number of methoxy groups -OCH3 is 1. The molecule has 5 nitrogen and oxygen atoms in total. The van der Waals surface area contributed by atoms with Crippen molar-refractivity contribution in [3.63, 3.8) is 0 Å². The molecule has 0 fully saturated rings. The van der Waals surface area contributed by atoms with Crippen molar-refractivity contribution < 1.29 is 9.53 Å². The number of rotatable bonds is 3. The summed E-state index contributed by atoms with van der Waals surface area (Å²) in [5, 5.41) is 3.33. The van der Waals surface area contributed by atoms with Crippen molar-refractivity contribution in [2.24, 2.45) is 0 Å². The van der Waals surface area contributed by atoms with Gasteiger partial charge in [-0.3, -0.25) is 15.1 Å². The molecule has 6 heteroatoms. The van der Waals surface area contributed by atoms with Gasteiger partial charge >= 0.3 is 0 Å². The Labute approximate surface area is 119 Å². The summed E-state index contributed by atoms with van der Waals surface area (Å²) >= 11 is 1.42. The van der Waals surface area contributed by atoms with Gasteiger partial charge < -0.3 is 4.74 Å². The van der Waals surface area contributed by atoms with Crippen molar-refractivity contribution in [2.75, 3.05) is 12.4 Å². The summed E-state index contributed by atoms with van der Waals surface area (Å²) in [5.74, 6) is 0.525. The van der Waals surface area contributed by atoms with Gasteiger partial charge in [0.1, 0.15) is 5.75 Å². The number of ether oxygens (including phenoxy) is 1. The molecule has 1 amide bonds. The molecule has 0 aliphatic rings. The van der Waals surface area contributed by atoms with Gasteiger partial charge in [0.05, 0.1) is 22.9 Å². The second-order valence-electron chi connectivity index (χ2n) is 4.05. The smallest absolute Gasteiger partial charge is 0.259 e. The summed E-state index contributed by atoms with van der Waals surface area (Å²) in [4.78, 5) is 20.3. The van der Waals surface area contributed by atoms with Crippen LogP contribution >= 0.6 is 11.3 Å². The fourth-order valence-electron chi connectivity index (χ4n) is 1.75. The van der Waals surface area contributed by atoms with E-state index in [1.165, 1.54) is 17.5 Å². The second-order valence-corrected chi connectivity index (χ2v) is 5.08. The zero-order valence-electron chi connectivity index (χ0n) is 10.7. The third-order valence-electron chi connectivity index (χ3n) is 2.74. The molecule has 2 heterocycles. The second kappa shape index (κ2) is 5.26. The molecule has 0 aliphatic carbocycles. The van der Waals surface area contributed by atoms with E-state index in [0.717, 1.165) is 16.0 Å². The molecule has 0 saturated heterocycles. The van der Waals surface area contributed by atoms with Crippen molar-refractivity contribution >= 4 is 32.6 Å². The Balaban J connectivity index is 1.86. The molecule has 100 valence electrons. The number of pyridine rings is 1. The standard InChI is InChI=1S/C14H11N3O2S/c1-19-10-4-5-12-11(7-10)16-14(20-12)17-13(18)9-3-2-6-15-8-9/h2-8H,1H3,(H,16,17,18). The number of aromatic nitrogens is 2. The summed E-state index contributed by atoms with van der Waals surface area (Å²) < 4.78 is 6.14. The van der Waals surface area contributed by atoms with Crippen molar-refractivity contribution in [1.82, 2.24) is 9.97 Å². The molecular formula is C14H11N3O2S. The first kappa shape index (κ1) is 12.6. The number of anilines is 1. The first-order valence-corrected chi connectivity index (χ1v) is 6.74. The average molecular weight is 285 g/mol. The van der Waals surface area contributed by atoms with Crippen molar-refractivity contribution in [3.05, 3.63) is 48.3 Å². The van der Waals surface area contributed by atoms with Gasteiger partial charge in [-0.2, -0.15) is 0 Å². The van der Waals surface area contributed by atoms with Gasteiger partial charge in [0.25, 0.3) is 5.91 Å². The molecule has 0 radical (unpaired) electrons. The van der Waals surface area contributed by atoms with Gasteiger partial charge in [-0.15, -0.1) is 0 Å². The highest BCUT2D eigenvalue weighted by molar-refractivity contribution is 7.22. The monoisotopic (exact) mass is 285 g/mol. The number of amides is 1. The Hall–Kier alpha value is -2.47. The number of fused-ring (bicyclic) bond motifs is 1. The van der Waals surface area contributed by atoms with E-state index in [4.69, 9.17) is 4.74 Å². The number of nitrogens with zero attached hydrogens (tertiary/aromatic N) is 2. The van der Waals surface area contributed by atoms with E-state index >= 15 is 0 Å². The number of benzene rings is 1. The van der Waals surface area contributed by atoms with Gasteiger partial charge in [-0.25, -0.2) is 4.98 Å². The zero-order chi connectivity index (χ0) is 13.9. The maximum absolute atomic E-state index is 12.0. The minimum absolute atomic E-state index is 0.218. The molecule has 0 spiro atoms. The van der Waals surface area contributed by atoms with Crippen LogP contribution in [-0.4, -0.2) is 23.0 Å². The Morgan fingerprint density at radius 1 is 1.35 bits per heavy atom. The van der Waals surface area contributed by atoms with Crippen molar-refractivity contribution in [3.8, 4) is 5.75 Å². The maximum atomic E-state index is 12.0. The average Bonchev–Trinajstić information content (AvgIpc) is 2.89. The summed E-state index contributed by atoms with van der Waals surface area (Å²) in [6, 6.07) is 9.06. The predicted molar refractivity (Wildman–Crippen MR) is 78.4 cm³/mol. The summed E-state index contributed by atoms with van der Waals surface area (Å²) in [6.07, 6.45) is 3.15. The lowest BCUT2D eigenvalue weighted by molar-refractivity contribution is 0.102. The number of carbonyl (C=O) groups excluding carboxylic acids is 1. The van der Waals surface area contributed by atoms with Gasteiger partial charge in [-0.1, -0.05) is 11.3 Å². The molecule has 0 aliphatic heterocycles. The number of thiazole rings is 1. The Morgan fingerprint density at radius 2 is 2.25 bits per heavy atom. The van der Waals surface area contributed by atoms with Crippen LogP contribution in [0.3, 0.4) is 0 Å². The molecule has 1 aromatic carbocycles. The minimum Gasteiger partial charge on any atom is -0.497 e. The van der Waals surface area contributed by atoms with Crippen LogP contribution in [0.1, 0.15) is 10.4 Å². The highest BCUT2D eigenvalue weighted by Crippen LogP contribution is 2.28. The highest BCUT2D eigenvalue weighted by Gasteiger charge is 2.10. The molecule has 2 aromatic heterocycles. The lowest BCUT2D eigenvalue weighted by atomic mass is 10.3. The molecule has 0 bridgehead atoms. The van der Waals surface area contributed by atoms with E-state index in [-0.39, 0.29) is 5.91 Å². The first-order chi connectivity index (χ1) is 9.76. The summed E-state index contributed by atoms with van der Waals surface area (Å²) in [7, 11) is 1.61. The molecule has 3 aromatic rings. The van der Waals surface area contributed by atoms with Crippen molar-refractivity contribution in [2.45, 2.75) is 0 Å². The topological polar surface area (TPSA) is 64.1 Å². The van der Waals surface area contributed by atoms with Gasteiger partial charge in [0, 0.05) is 18.5 Å². The normalized spacial score (nSPS) is 10.4. The van der Waals surface area contributed by atoms with Crippen LogP contribution in [0.25, 0.3) is 10.2 Å². The van der Waals surface area contributed by atoms with E-state index in [9.17, 15) is 4.79 Å². The first-order valence-electron chi connectivity index (χ1n) is 5.92. The third-order valence-corrected chi connectivity index (χ3v) is 3.69. The van der Waals surface area contributed by atoms with E-state index in [2.05, 4.69) is 15.3 Å². The number of nitrogens with one attached hydrogen (secondary N) is 1. The lowest BCUT2D eigenvalue weighted by Gasteiger charge is -1.99. The van der Waals surface area contributed by atoms with Crippen LogP contribution < -0.4 is 10.1 Å². The van der Waals surface area contributed by atoms with Crippen LogP contribution in [0.5, 0.6) is 5.75 Å². The minimum atomic E-state index is -0.218. The Morgan fingerprint density at radius 3 is 3.00 bits per heavy atom. The molecule has 20 heavy (non-hydrogen) atoms. The SMILES string of the molecule is COc1ccc2sc(NC(=O)c3cccnc3)nc2c1. The van der Waals surface area contributed by atoms with E-state index in [1.54, 1.807) is 25.4 Å². The highest BCUT2D eigenvalue weighted by atomic mass is 32.1. The van der Waals surface area contributed by atoms with Crippen LogP contribution in [0.15, 0.2) is 42.7 Å². The summed E-state index contributed by atoms with van der Waals surface area (Å²) in [6.45, 7) is 0. The van der Waals surface area contributed by atoms with Crippen LogP contribution in [0.4, 0.5) is 5.13 Å². The van der Waals surface area contributed by atoms with Gasteiger partial charge in [0.2, 0.25) is 0 Å². The molecule has 1 N–H and O–H groups in total. The predicted octanol–water partition coefficient (Wildman–Crippen LogP) is 2.95. The molecule has 0 saturated carbocycles. The van der Waals surface area contributed by atoms with Gasteiger partial charge in [-0.05, 0) is 24.3 Å². The van der Waals surface area contributed by atoms with E-state index < -0.39 is 0 Å². The quantitative estimate of drug-likeness (QED) is 0.803. The van der Waals surface area contributed by atoms with E-state index in [0.29, 0.717) is 10.7 Å².